The van der Waals surface area contributed by atoms with E-state index in [1.54, 1.807) is 59.7 Å². The fraction of sp³-hybridized carbons (Fsp3) is 0.261. The van der Waals surface area contributed by atoms with Gasteiger partial charge in [0.2, 0.25) is 0 Å². The van der Waals surface area contributed by atoms with Gasteiger partial charge in [0.25, 0.3) is 15.9 Å². The molecule has 9 heteroatoms. The predicted molar refractivity (Wildman–Crippen MR) is 126 cm³/mol. The second kappa shape index (κ2) is 10.6. The number of ether oxygens (including phenoxy) is 2. The zero-order chi connectivity index (χ0) is 23.1. The number of thiophene rings is 1. The van der Waals surface area contributed by atoms with Gasteiger partial charge in [-0.3, -0.25) is 9.10 Å². The highest BCUT2D eigenvalue weighted by atomic mass is 32.2. The quantitative estimate of drug-likeness (QED) is 0.446. The summed E-state index contributed by atoms with van der Waals surface area (Å²) in [5.41, 5.74) is 0.841. The summed E-state index contributed by atoms with van der Waals surface area (Å²) in [6.45, 7) is 1.31. The van der Waals surface area contributed by atoms with Crippen molar-refractivity contribution in [1.29, 1.82) is 0 Å². The Morgan fingerprint density at radius 1 is 1.00 bits per heavy atom. The average Bonchev–Trinajstić information content (AvgIpc) is 3.34. The van der Waals surface area contributed by atoms with Gasteiger partial charge in [-0.15, -0.1) is 11.3 Å². The lowest BCUT2D eigenvalue weighted by molar-refractivity contribution is 0.0682. The van der Waals surface area contributed by atoms with Crippen LogP contribution >= 0.6 is 11.3 Å². The van der Waals surface area contributed by atoms with Crippen LogP contribution in [-0.2, 0) is 21.3 Å². The molecule has 0 bridgehead atoms. The summed E-state index contributed by atoms with van der Waals surface area (Å²) in [5.74, 6) is 0.269. The molecule has 170 valence electrons. The van der Waals surface area contributed by atoms with Gasteiger partial charge >= 0.3 is 0 Å². The number of carbonyl (C=O) groups is 1. The van der Waals surface area contributed by atoms with E-state index in [2.05, 4.69) is 0 Å². The number of sulfonamides is 1. The molecule has 1 aromatic heterocycles. The van der Waals surface area contributed by atoms with E-state index >= 15 is 0 Å². The van der Waals surface area contributed by atoms with Gasteiger partial charge in [-0.2, -0.15) is 0 Å². The van der Waals surface area contributed by atoms with Crippen molar-refractivity contribution in [3.8, 4) is 5.75 Å². The van der Waals surface area contributed by atoms with Crippen molar-refractivity contribution in [3.63, 3.8) is 0 Å². The van der Waals surface area contributed by atoms with E-state index in [9.17, 15) is 13.2 Å². The molecule has 7 nitrogen and oxygen atoms in total. The number of rotatable bonds is 10. The highest BCUT2D eigenvalue weighted by Crippen LogP contribution is 2.31. The van der Waals surface area contributed by atoms with Gasteiger partial charge in [0.15, 0.2) is 0 Å². The number of amides is 1. The van der Waals surface area contributed by atoms with E-state index in [1.165, 1.54) is 30.6 Å². The summed E-state index contributed by atoms with van der Waals surface area (Å²) in [7, 11) is 0.720. The Labute approximate surface area is 192 Å². The van der Waals surface area contributed by atoms with Crippen molar-refractivity contribution in [2.75, 3.05) is 38.7 Å². The summed E-state index contributed by atoms with van der Waals surface area (Å²) in [6, 6.07) is 16.8. The Bertz CT molecular complexity index is 1130. The summed E-state index contributed by atoms with van der Waals surface area (Å²) in [6.07, 6.45) is 0. The Kier molecular flexibility index (Phi) is 7.89. The number of methoxy groups -OCH3 is 2. The van der Waals surface area contributed by atoms with Crippen LogP contribution in [0.4, 0.5) is 5.69 Å². The van der Waals surface area contributed by atoms with E-state index in [0.29, 0.717) is 36.7 Å². The second-order valence-corrected chi connectivity index (χ2v) is 9.97. The lowest BCUT2D eigenvalue weighted by Gasteiger charge is -2.23. The third-order valence-electron chi connectivity index (χ3n) is 4.96. The van der Waals surface area contributed by atoms with E-state index in [-0.39, 0.29) is 10.8 Å². The molecule has 32 heavy (non-hydrogen) atoms. The van der Waals surface area contributed by atoms with Gasteiger partial charge in [-0.1, -0.05) is 18.2 Å². The van der Waals surface area contributed by atoms with Crippen LogP contribution in [0.15, 0.2) is 70.9 Å². The maximum Gasteiger partial charge on any atom is 0.264 e. The normalized spacial score (nSPS) is 11.2. The molecule has 1 amide bonds. The molecule has 3 rings (SSSR count). The molecule has 0 spiro atoms. The number of benzene rings is 2. The van der Waals surface area contributed by atoms with Crippen LogP contribution in [0.5, 0.6) is 5.75 Å². The molecular formula is C23H26N2O5S2. The van der Waals surface area contributed by atoms with Crippen LogP contribution in [0, 0.1) is 0 Å². The van der Waals surface area contributed by atoms with Gasteiger partial charge in [-0.25, -0.2) is 8.42 Å². The Balaban J connectivity index is 1.82. The maximum atomic E-state index is 13.1. The van der Waals surface area contributed by atoms with Crippen LogP contribution in [0.1, 0.15) is 15.2 Å². The van der Waals surface area contributed by atoms with Crippen LogP contribution in [0.3, 0.4) is 0 Å². The molecule has 0 saturated carbocycles. The number of anilines is 1. The first-order valence-electron chi connectivity index (χ1n) is 9.91. The topological polar surface area (TPSA) is 76.2 Å². The minimum Gasteiger partial charge on any atom is -0.495 e. The number of nitrogens with zero attached hydrogens (tertiary/aromatic N) is 2. The highest BCUT2D eigenvalue weighted by molar-refractivity contribution is 7.92. The first-order valence-corrected chi connectivity index (χ1v) is 12.2. The van der Waals surface area contributed by atoms with Crippen molar-refractivity contribution < 1.29 is 22.7 Å². The molecule has 0 aliphatic rings. The van der Waals surface area contributed by atoms with Gasteiger partial charge in [0, 0.05) is 31.1 Å². The molecule has 0 aliphatic carbocycles. The Morgan fingerprint density at radius 2 is 1.72 bits per heavy atom. The minimum absolute atomic E-state index is 0.0872. The van der Waals surface area contributed by atoms with Gasteiger partial charge in [-0.05, 0) is 47.8 Å². The molecule has 3 aromatic rings. The number of hydrogen-bond donors (Lipinski definition) is 0. The fourth-order valence-corrected chi connectivity index (χ4v) is 5.10. The molecule has 0 aliphatic heterocycles. The van der Waals surface area contributed by atoms with E-state index < -0.39 is 10.0 Å². The lowest BCUT2D eigenvalue weighted by Crippen LogP contribution is -2.33. The third-order valence-corrected chi connectivity index (χ3v) is 7.61. The molecule has 0 fully saturated rings. The van der Waals surface area contributed by atoms with Crippen LogP contribution in [0.2, 0.25) is 0 Å². The van der Waals surface area contributed by atoms with Crippen LogP contribution < -0.4 is 9.04 Å². The fourth-order valence-electron chi connectivity index (χ4n) is 3.17. The van der Waals surface area contributed by atoms with Crippen molar-refractivity contribution in [1.82, 2.24) is 4.90 Å². The Hall–Kier alpha value is -2.88. The summed E-state index contributed by atoms with van der Waals surface area (Å²) in [4.78, 5) is 15.9. The van der Waals surface area contributed by atoms with Crippen molar-refractivity contribution in [2.24, 2.45) is 0 Å². The highest BCUT2D eigenvalue weighted by Gasteiger charge is 2.24. The van der Waals surface area contributed by atoms with E-state index in [4.69, 9.17) is 9.47 Å². The standard InChI is InChI=1S/C23H26N2O5S2/c1-24(21-8-4-5-9-22(21)30-3)32(27,28)20-12-10-18(11-13-20)23(26)25(14-15-29-2)17-19-7-6-16-31-19/h4-13,16H,14-15,17H2,1-3H3. The molecule has 0 radical (unpaired) electrons. The van der Waals surface area contributed by atoms with Gasteiger partial charge in [0.05, 0.1) is 30.8 Å². The minimum atomic E-state index is -3.83. The van der Waals surface area contributed by atoms with Gasteiger partial charge < -0.3 is 14.4 Å². The molecule has 2 aromatic carbocycles. The lowest BCUT2D eigenvalue weighted by atomic mass is 10.2. The number of para-hydroxylation sites is 2. The van der Waals surface area contributed by atoms with Crippen LogP contribution in [0.25, 0.3) is 0 Å². The van der Waals surface area contributed by atoms with Crippen LogP contribution in [-0.4, -0.2) is 53.6 Å². The van der Waals surface area contributed by atoms with Crippen molar-refractivity contribution in [3.05, 3.63) is 76.5 Å². The molecule has 0 unspecified atom stereocenters. The largest absolute Gasteiger partial charge is 0.495 e. The second-order valence-electron chi connectivity index (χ2n) is 6.97. The summed E-state index contributed by atoms with van der Waals surface area (Å²) < 4.78 is 37.9. The molecule has 0 saturated heterocycles. The number of carbonyl (C=O) groups excluding carboxylic acids is 1. The molecule has 0 N–H and O–H groups in total. The predicted octanol–water partition coefficient (Wildman–Crippen LogP) is 3.87. The maximum absolute atomic E-state index is 13.1. The van der Waals surface area contributed by atoms with E-state index in [1.807, 2.05) is 17.5 Å². The van der Waals surface area contributed by atoms with E-state index in [0.717, 1.165) is 4.88 Å². The molecule has 1 heterocycles. The first kappa shape index (κ1) is 23.8. The summed E-state index contributed by atoms with van der Waals surface area (Å²) >= 11 is 1.58. The number of hydrogen-bond acceptors (Lipinski definition) is 6. The van der Waals surface area contributed by atoms with Crippen molar-refractivity contribution >= 4 is 33.0 Å². The first-order chi connectivity index (χ1) is 15.4. The zero-order valence-electron chi connectivity index (χ0n) is 18.2. The smallest absolute Gasteiger partial charge is 0.264 e. The molecule has 0 atom stereocenters. The Morgan fingerprint density at radius 3 is 2.34 bits per heavy atom. The monoisotopic (exact) mass is 474 g/mol. The van der Waals surface area contributed by atoms with Crippen molar-refractivity contribution in [2.45, 2.75) is 11.4 Å². The molecular weight excluding hydrogens is 448 g/mol. The summed E-state index contributed by atoms with van der Waals surface area (Å²) in [5, 5.41) is 1.96. The third kappa shape index (κ3) is 5.29. The SMILES string of the molecule is COCCN(Cc1cccs1)C(=O)c1ccc(S(=O)(=O)N(C)c2ccccc2OC)cc1. The average molecular weight is 475 g/mol. The van der Waals surface area contributed by atoms with Gasteiger partial charge in [0.1, 0.15) is 5.75 Å². The zero-order valence-corrected chi connectivity index (χ0v) is 19.9.